The minimum atomic E-state index is 0.523. The maximum atomic E-state index is 6.31. The van der Waals surface area contributed by atoms with Gasteiger partial charge in [0, 0.05) is 22.5 Å². The zero-order chi connectivity index (χ0) is 17.6. The maximum absolute atomic E-state index is 6.31. The fourth-order valence-electron chi connectivity index (χ4n) is 3.57. The molecule has 0 saturated carbocycles. The number of hydrogen-bond acceptors (Lipinski definition) is 1. The molecule has 124 valence electrons. The van der Waals surface area contributed by atoms with Crippen molar-refractivity contribution in [1.29, 1.82) is 0 Å². The number of nitrogen functional groups attached to an aromatic ring is 1. The summed E-state index contributed by atoms with van der Waals surface area (Å²) in [7, 11) is 2.10. The summed E-state index contributed by atoms with van der Waals surface area (Å²) in [4.78, 5) is 0. The standard InChI is InChI=1S/C23H23N2/c1-15(2)17-10-11-18-14-25(3)22(13-19(18)12-17)20-8-4-6-16-7-5-9-21(24)23(16)20/h4-15H,24H2,1-3H3/q+1. The van der Waals surface area contributed by atoms with E-state index in [-0.39, 0.29) is 0 Å². The number of benzene rings is 3. The van der Waals surface area contributed by atoms with E-state index in [4.69, 9.17) is 5.73 Å². The SMILES string of the molecule is CC(C)c1ccc2c[n+](C)c(-c3cccc4cccc(N)c34)cc2c1. The van der Waals surface area contributed by atoms with Crippen molar-refractivity contribution >= 4 is 27.2 Å². The second kappa shape index (κ2) is 5.89. The van der Waals surface area contributed by atoms with Gasteiger partial charge in [-0.05, 0) is 40.5 Å². The molecule has 3 aromatic carbocycles. The van der Waals surface area contributed by atoms with Crippen molar-refractivity contribution in [3.05, 3.63) is 72.4 Å². The van der Waals surface area contributed by atoms with Crippen LogP contribution < -0.4 is 10.3 Å². The third kappa shape index (κ3) is 2.64. The highest BCUT2D eigenvalue weighted by molar-refractivity contribution is 6.03. The summed E-state index contributed by atoms with van der Waals surface area (Å²) < 4.78 is 2.19. The number of pyridine rings is 1. The van der Waals surface area contributed by atoms with Crippen molar-refractivity contribution in [2.24, 2.45) is 7.05 Å². The van der Waals surface area contributed by atoms with Crippen molar-refractivity contribution in [2.75, 3.05) is 5.73 Å². The number of aromatic nitrogens is 1. The first-order valence-corrected chi connectivity index (χ1v) is 8.75. The Morgan fingerprint density at radius 2 is 1.60 bits per heavy atom. The van der Waals surface area contributed by atoms with Gasteiger partial charge in [0.1, 0.15) is 7.05 Å². The normalized spacial score (nSPS) is 11.5. The molecule has 0 bridgehead atoms. The van der Waals surface area contributed by atoms with E-state index in [1.807, 2.05) is 12.1 Å². The van der Waals surface area contributed by atoms with Gasteiger partial charge in [0.15, 0.2) is 6.20 Å². The Hall–Kier alpha value is -2.87. The summed E-state index contributed by atoms with van der Waals surface area (Å²) in [5.41, 5.74) is 10.9. The van der Waals surface area contributed by atoms with E-state index in [2.05, 4.69) is 80.2 Å². The Morgan fingerprint density at radius 1 is 0.840 bits per heavy atom. The van der Waals surface area contributed by atoms with Gasteiger partial charge in [-0.2, -0.15) is 0 Å². The molecule has 1 aromatic heterocycles. The Bertz CT molecular complexity index is 1090. The van der Waals surface area contributed by atoms with Crippen molar-refractivity contribution < 1.29 is 4.57 Å². The lowest BCUT2D eigenvalue weighted by Crippen LogP contribution is -2.30. The quantitative estimate of drug-likeness (QED) is 0.398. The second-order valence-electron chi connectivity index (χ2n) is 7.06. The van der Waals surface area contributed by atoms with Gasteiger partial charge in [-0.25, -0.2) is 4.57 Å². The third-order valence-corrected chi connectivity index (χ3v) is 5.00. The molecule has 0 unspecified atom stereocenters. The van der Waals surface area contributed by atoms with E-state index >= 15 is 0 Å². The van der Waals surface area contributed by atoms with Gasteiger partial charge >= 0.3 is 0 Å². The minimum absolute atomic E-state index is 0.523. The summed E-state index contributed by atoms with van der Waals surface area (Å²) in [5, 5.41) is 4.82. The van der Waals surface area contributed by atoms with Crippen molar-refractivity contribution in [1.82, 2.24) is 0 Å². The molecule has 4 rings (SSSR count). The topological polar surface area (TPSA) is 29.9 Å². The molecule has 0 atom stereocenters. The first-order chi connectivity index (χ1) is 12.0. The first-order valence-electron chi connectivity index (χ1n) is 8.75. The molecule has 2 heteroatoms. The number of fused-ring (bicyclic) bond motifs is 2. The van der Waals surface area contributed by atoms with E-state index in [0.29, 0.717) is 5.92 Å². The van der Waals surface area contributed by atoms with Crippen LogP contribution in [0, 0.1) is 0 Å². The Labute approximate surface area is 148 Å². The van der Waals surface area contributed by atoms with E-state index in [1.54, 1.807) is 0 Å². The van der Waals surface area contributed by atoms with Crippen LogP contribution in [0.25, 0.3) is 32.8 Å². The van der Waals surface area contributed by atoms with Gasteiger partial charge in [-0.1, -0.05) is 50.2 Å². The highest BCUT2D eigenvalue weighted by Gasteiger charge is 2.16. The molecule has 1 heterocycles. The highest BCUT2D eigenvalue weighted by atomic mass is 14.9. The first kappa shape index (κ1) is 15.6. The third-order valence-electron chi connectivity index (χ3n) is 5.00. The summed E-state index contributed by atoms with van der Waals surface area (Å²) in [6.07, 6.45) is 2.20. The van der Waals surface area contributed by atoms with Crippen LogP contribution in [0.4, 0.5) is 5.69 Å². The molecular weight excluding hydrogens is 304 g/mol. The molecule has 0 aliphatic carbocycles. The number of rotatable bonds is 2. The van der Waals surface area contributed by atoms with Crippen LogP contribution >= 0.6 is 0 Å². The van der Waals surface area contributed by atoms with Crippen molar-refractivity contribution in [3.8, 4) is 11.3 Å². The Balaban J connectivity index is 2.02. The summed E-state index contributed by atoms with van der Waals surface area (Å²) >= 11 is 0. The molecular formula is C23H23N2+. The molecule has 0 aliphatic rings. The second-order valence-corrected chi connectivity index (χ2v) is 7.06. The average molecular weight is 327 g/mol. The van der Waals surface area contributed by atoms with Gasteiger partial charge < -0.3 is 5.73 Å². The largest absolute Gasteiger partial charge is 0.398 e. The van der Waals surface area contributed by atoms with Crippen LogP contribution in [0.5, 0.6) is 0 Å². The van der Waals surface area contributed by atoms with Crippen LogP contribution in [0.3, 0.4) is 0 Å². The monoisotopic (exact) mass is 327 g/mol. The summed E-state index contributed by atoms with van der Waals surface area (Å²) in [6.45, 7) is 4.47. The Morgan fingerprint density at radius 3 is 2.36 bits per heavy atom. The molecule has 0 spiro atoms. The lowest BCUT2D eigenvalue weighted by atomic mass is 9.96. The maximum Gasteiger partial charge on any atom is 0.213 e. The molecule has 2 N–H and O–H groups in total. The fourth-order valence-corrected chi connectivity index (χ4v) is 3.57. The zero-order valence-electron chi connectivity index (χ0n) is 15.0. The lowest BCUT2D eigenvalue weighted by molar-refractivity contribution is -0.659. The van der Waals surface area contributed by atoms with Gasteiger partial charge in [-0.3, -0.25) is 0 Å². The van der Waals surface area contributed by atoms with Gasteiger partial charge in [-0.15, -0.1) is 0 Å². The van der Waals surface area contributed by atoms with Gasteiger partial charge in [0.2, 0.25) is 5.69 Å². The van der Waals surface area contributed by atoms with Gasteiger partial charge in [0.25, 0.3) is 0 Å². The highest BCUT2D eigenvalue weighted by Crippen LogP contribution is 2.32. The number of aryl methyl sites for hydroxylation is 1. The van der Waals surface area contributed by atoms with Crippen LogP contribution in [-0.2, 0) is 7.05 Å². The average Bonchev–Trinajstić information content (AvgIpc) is 2.60. The van der Waals surface area contributed by atoms with E-state index < -0.39 is 0 Å². The number of nitrogens with zero attached hydrogens (tertiary/aromatic N) is 1. The molecule has 0 amide bonds. The predicted molar refractivity (Wildman–Crippen MR) is 107 cm³/mol. The molecule has 0 radical (unpaired) electrons. The lowest BCUT2D eigenvalue weighted by Gasteiger charge is -2.10. The predicted octanol–water partition coefficient (Wildman–Crippen LogP) is 5.19. The van der Waals surface area contributed by atoms with Crippen LogP contribution in [0.15, 0.2) is 66.9 Å². The van der Waals surface area contributed by atoms with Crippen LogP contribution in [-0.4, -0.2) is 0 Å². The summed E-state index contributed by atoms with van der Waals surface area (Å²) in [5.74, 6) is 0.523. The Kier molecular flexibility index (Phi) is 3.69. The van der Waals surface area contributed by atoms with Crippen LogP contribution in [0.2, 0.25) is 0 Å². The molecule has 4 aromatic rings. The molecule has 0 saturated heterocycles. The smallest absolute Gasteiger partial charge is 0.213 e. The van der Waals surface area contributed by atoms with Gasteiger partial charge in [0.05, 0.1) is 5.56 Å². The van der Waals surface area contributed by atoms with Crippen molar-refractivity contribution in [3.63, 3.8) is 0 Å². The summed E-state index contributed by atoms with van der Waals surface area (Å²) in [6, 6.07) is 21.5. The zero-order valence-corrected chi connectivity index (χ0v) is 15.0. The van der Waals surface area contributed by atoms with Crippen LogP contribution in [0.1, 0.15) is 25.3 Å². The van der Waals surface area contributed by atoms with E-state index in [0.717, 1.165) is 11.1 Å². The number of hydrogen-bond donors (Lipinski definition) is 1. The molecule has 0 fully saturated rings. The molecule has 25 heavy (non-hydrogen) atoms. The number of nitrogens with two attached hydrogens (primary N) is 1. The van der Waals surface area contributed by atoms with Crippen molar-refractivity contribution in [2.45, 2.75) is 19.8 Å². The number of anilines is 1. The minimum Gasteiger partial charge on any atom is -0.398 e. The van der Waals surface area contributed by atoms with E-state index in [1.165, 1.54) is 33.0 Å². The molecule has 2 nitrogen and oxygen atoms in total. The molecule has 0 aliphatic heterocycles. The van der Waals surface area contributed by atoms with E-state index in [9.17, 15) is 0 Å². The fraction of sp³-hybridized carbons (Fsp3) is 0.174.